The Morgan fingerprint density at radius 2 is 1.86 bits per heavy atom. The van der Waals surface area contributed by atoms with Crippen molar-refractivity contribution < 1.29 is 0 Å². The number of nitrogens with zero attached hydrogens (tertiary/aromatic N) is 2. The third kappa shape index (κ3) is 1.21. The Hall–Kier alpha value is -1.97. The quantitative estimate of drug-likeness (QED) is 0.659. The first-order valence-electron chi connectivity index (χ1n) is 4.35. The van der Waals surface area contributed by atoms with Gasteiger partial charge in [0.05, 0.1) is 0 Å². The number of aryl methyl sites for hydroxylation is 1. The Balaban J connectivity index is 2.58. The fourth-order valence-electron chi connectivity index (χ4n) is 1.37. The van der Waals surface area contributed by atoms with E-state index in [-0.39, 0.29) is 0 Å². The van der Waals surface area contributed by atoms with E-state index in [0.717, 1.165) is 11.3 Å². The number of anilines is 1. The minimum atomic E-state index is 0.494. The number of hydrogen-bond acceptors (Lipinski definition) is 3. The van der Waals surface area contributed by atoms with E-state index >= 15 is 0 Å². The van der Waals surface area contributed by atoms with Crippen LogP contribution in [0.15, 0.2) is 30.3 Å². The molecule has 0 amide bonds. The van der Waals surface area contributed by atoms with Crippen molar-refractivity contribution >= 4 is 5.82 Å². The van der Waals surface area contributed by atoms with Crippen LogP contribution in [-0.4, -0.2) is 9.66 Å². The zero-order valence-corrected chi connectivity index (χ0v) is 7.94. The molecule has 14 heavy (non-hydrogen) atoms. The molecular weight excluding hydrogens is 176 g/mol. The maximum absolute atomic E-state index is 5.81. The van der Waals surface area contributed by atoms with E-state index in [1.807, 2.05) is 37.3 Å². The minimum Gasteiger partial charge on any atom is -0.382 e. The van der Waals surface area contributed by atoms with Crippen molar-refractivity contribution in [1.29, 1.82) is 0 Å². The van der Waals surface area contributed by atoms with E-state index < -0.39 is 0 Å². The minimum absolute atomic E-state index is 0.494. The molecule has 0 radical (unpaired) electrons. The van der Waals surface area contributed by atoms with Crippen molar-refractivity contribution in [3.05, 3.63) is 36.2 Å². The van der Waals surface area contributed by atoms with Gasteiger partial charge in [-0.1, -0.05) is 30.3 Å². The Labute approximate surface area is 82.1 Å². The molecule has 0 bridgehead atoms. The molecule has 0 aliphatic rings. The molecule has 4 N–H and O–H groups in total. The third-order valence-corrected chi connectivity index (χ3v) is 2.17. The predicted octanol–water partition coefficient (Wildman–Crippen LogP) is 1.15. The molecule has 0 aliphatic carbocycles. The lowest BCUT2D eigenvalue weighted by Crippen LogP contribution is -2.13. The number of rotatable bonds is 1. The SMILES string of the molecule is Cc1nc(-c2ccccc2)c(N)n1N. The van der Waals surface area contributed by atoms with Gasteiger partial charge in [0.25, 0.3) is 0 Å². The zero-order valence-electron chi connectivity index (χ0n) is 7.94. The first kappa shape index (κ1) is 8.62. The fraction of sp³-hybridized carbons (Fsp3) is 0.100. The Morgan fingerprint density at radius 3 is 2.36 bits per heavy atom. The van der Waals surface area contributed by atoms with E-state index in [2.05, 4.69) is 4.98 Å². The van der Waals surface area contributed by atoms with Gasteiger partial charge in [0.1, 0.15) is 11.5 Å². The number of aromatic nitrogens is 2. The first-order valence-corrected chi connectivity index (χ1v) is 4.35. The van der Waals surface area contributed by atoms with Crippen LogP contribution in [0.5, 0.6) is 0 Å². The van der Waals surface area contributed by atoms with Gasteiger partial charge in [-0.25, -0.2) is 9.66 Å². The van der Waals surface area contributed by atoms with Crippen LogP contribution in [0.1, 0.15) is 5.82 Å². The molecule has 72 valence electrons. The molecule has 0 saturated heterocycles. The first-order chi connectivity index (χ1) is 6.70. The molecule has 1 aromatic carbocycles. The normalized spacial score (nSPS) is 10.4. The largest absolute Gasteiger partial charge is 0.382 e. The molecule has 2 rings (SSSR count). The average Bonchev–Trinajstić information content (AvgIpc) is 2.47. The topological polar surface area (TPSA) is 69.9 Å². The van der Waals surface area contributed by atoms with Gasteiger partial charge < -0.3 is 11.6 Å². The number of hydrogen-bond donors (Lipinski definition) is 2. The van der Waals surface area contributed by atoms with Crippen molar-refractivity contribution in [2.24, 2.45) is 0 Å². The summed E-state index contributed by atoms with van der Waals surface area (Å²) in [5.74, 6) is 6.87. The standard InChI is InChI=1S/C10H12N4/c1-7-13-9(10(11)14(7)12)8-5-3-2-4-6-8/h2-6H,11-12H2,1H3. The highest BCUT2D eigenvalue weighted by Crippen LogP contribution is 2.23. The summed E-state index contributed by atoms with van der Waals surface area (Å²) >= 11 is 0. The van der Waals surface area contributed by atoms with E-state index in [1.54, 1.807) is 0 Å². The van der Waals surface area contributed by atoms with E-state index in [0.29, 0.717) is 11.6 Å². The molecule has 4 nitrogen and oxygen atoms in total. The molecule has 0 atom stereocenters. The van der Waals surface area contributed by atoms with Crippen LogP contribution in [-0.2, 0) is 0 Å². The van der Waals surface area contributed by atoms with Crippen LogP contribution in [0.2, 0.25) is 0 Å². The fourth-order valence-corrected chi connectivity index (χ4v) is 1.37. The van der Waals surface area contributed by atoms with Crippen molar-refractivity contribution in [2.75, 3.05) is 11.6 Å². The molecule has 0 aliphatic heterocycles. The summed E-state index contributed by atoms with van der Waals surface area (Å²) in [6, 6.07) is 9.75. The van der Waals surface area contributed by atoms with Crippen molar-refractivity contribution in [1.82, 2.24) is 9.66 Å². The summed E-state index contributed by atoms with van der Waals surface area (Å²) in [6.45, 7) is 1.82. The summed E-state index contributed by atoms with van der Waals surface area (Å²) in [6.07, 6.45) is 0. The maximum atomic E-state index is 5.81. The van der Waals surface area contributed by atoms with Crippen molar-refractivity contribution in [3.8, 4) is 11.3 Å². The van der Waals surface area contributed by atoms with Crippen LogP contribution in [0.25, 0.3) is 11.3 Å². The van der Waals surface area contributed by atoms with E-state index in [1.165, 1.54) is 4.68 Å². The summed E-state index contributed by atoms with van der Waals surface area (Å²) in [5, 5.41) is 0. The second-order valence-electron chi connectivity index (χ2n) is 3.13. The van der Waals surface area contributed by atoms with E-state index in [4.69, 9.17) is 11.6 Å². The lowest BCUT2D eigenvalue weighted by molar-refractivity contribution is 0.937. The van der Waals surface area contributed by atoms with Crippen molar-refractivity contribution in [2.45, 2.75) is 6.92 Å². The maximum Gasteiger partial charge on any atom is 0.150 e. The predicted molar refractivity (Wildman–Crippen MR) is 57.0 cm³/mol. The van der Waals surface area contributed by atoms with Gasteiger partial charge in [-0.05, 0) is 6.92 Å². The number of nitrogens with two attached hydrogens (primary N) is 2. The molecule has 0 saturated carbocycles. The molecule has 4 heteroatoms. The van der Waals surface area contributed by atoms with Gasteiger partial charge >= 0.3 is 0 Å². The number of nitrogen functional groups attached to an aromatic ring is 2. The van der Waals surface area contributed by atoms with Gasteiger partial charge in [-0.15, -0.1) is 0 Å². The highest BCUT2D eigenvalue weighted by molar-refractivity contribution is 5.70. The Bertz CT molecular complexity index is 445. The van der Waals surface area contributed by atoms with Gasteiger partial charge in [0.2, 0.25) is 0 Å². The van der Waals surface area contributed by atoms with Crippen LogP contribution in [0, 0.1) is 6.92 Å². The van der Waals surface area contributed by atoms with Crippen LogP contribution >= 0.6 is 0 Å². The van der Waals surface area contributed by atoms with Gasteiger partial charge in [0, 0.05) is 5.56 Å². The number of benzene rings is 1. The lowest BCUT2D eigenvalue weighted by atomic mass is 10.1. The Kier molecular flexibility index (Phi) is 1.89. The summed E-state index contributed by atoms with van der Waals surface area (Å²) in [4.78, 5) is 4.29. The molecule has 0 unspecified atom stereocenters. The summed E-state index contributed by atoms with van der Waals surface area (Å²) < 4.78 is 1.39. The molecule has 0 spiro atoms. The monoisotopic (exact) mass is 188 g/mol. The smallest absolute Gasteiger partial charge is 0.150 e. The number of imidazole rings is 1. The summed E-state index contributed by atoms with van der Waals surface area (Å²) in [5.41, 5.74) is 7.54. The molecule has 0 fully saturated rings. The average molecular weight is 188 g/mol. The lowest BCUT2D eigenvalue weighted by Gasteiger charge is -1.99. The second-order valence-corrected chi connectivity index (χ2v) is 3.13. The van der Waals surface area contributed by atoms with E-state index in [9.17, 15) is 0 Å². The Morgan fingerprint density at radius 1 is 1.21 bits per heavy atom. The second kappa shape index (κ2) is 3.06. The van der Waals surface area contributed by atoms with Crippen LogP contribution in [0.3, 0.4) is 0 Å². The molecule has 1 aromatic heterocycles. The summed E-state index contributed by atoms with van der Waals surface area (Å²) in [7, 11) is 0. The molecule has 2 aromatic rings. The molecule has 1 heterocycles. The third-order valence-electron chi connectivity index (χ3n) is 2.17. The van der Waals surface area contributed by atoms with Gasteiger partial charge in [0.15, 0.2) is 5.82 Å². The van der Waals surface area contributed by atoms with Crippen molar-refractivity contribution in [3.63, 3.8) is 0 Å². The van der Waals surface area contributed by atoms with Gasteiger partial charge in [-0.3, -0.25) is 0 Å². The zero-order chi connectivity index (χ0) is 10.1. The van der Waals surface area contributed by atoms with Crippen LogP contribution in [0.4, 0.5) is 5.82 Å². The van der Waals surface area contributed by atoms with Gasteiger partial charge in [-0.2, -0.15) is 0 Å². The molecular formula is C10H12N4. The highest BCUT2D eigenvalue weighted by Gasteiger charge is 2.10. The highest BCUT2D eigenvalue weighted by atomic mass is 15.4. The van der Waals surface area contributed by atoms with Crippen LogP contribution < -0.4 is 11.6 Å².